The van der Waals surface area contributed by atoms with Gasteiger partial charge in [0.2, 0.25) is 5.79 Å². The molecule has 0 fully saturated rings. The standard InChI is InChI=1S/C19H19NO3/c1-21-17-11-7-6-10-16(17)19(22-2,23-3)18-15-9-5-4-8-14(15)12-13-20-18/h4-13H,1-3H3. The third kappa shape index (κ3) is 2.46. The van der Waals surface area contributed by atoms with Crippen molar-refractivity contribution in [2.75, 3.05) is 21.3 Å². The van der Waals surface area contributed by atoms with Gasteiger partial charge in [0.1, 0.15) is 11.4 Å². The molecule has 0 atom stereocenters. The maximum absolute atomic E-state index is 5.85. The van der Waals surface area contributed by atoms with Crippen LogP contribution in [0.25, 0.3) is 10.8 Å². The first-order chi connectivity index (χ1) is 11.3. The molecule has 0 bridgehead atoms. The van der Waals surface area contributed by atoms with Crippen LogP contribution in [0.1, 0.15) is 11.3 Å². The molecule has 2 aromatic carbocycles. The van der Waals surface area contributed by atoms with Gasteiger partial charge in [0.15, 0.2) is 0 Å². The van der Waals surface area contributed by atoms with Crippen molar-refractivity contribution < 1.29 is 14.2 Å². The molecule has 3 aromatic rings. The molecule has 0 spiro atoms. The van der Waals surface area contributed by atoms with E-state index in [9.17, 15) is 0 Å². The van der Waals surface area contributed by atoms with Crippen LogP contribution >= 0.6 is 0 Å². The van der Waals surface area contributed by atoms with Crippen molar-refractivity contribution >= 4 is 10.8 Å². The Kier molecular flexibility index (Phi) is 4.28. The minimum Gasteiger partial charge on any atom is -0.496 e. The smallest absolute Gasteiger partial charge is 0.243 e. The lowest BCUT2D eigenvalue weighted by Crippen LogP contribution is -2.34. The fourth-order valence-corrected chi connectivity index (χ4v) is 2.92. The maximum Gasteiger partial charge on any atom is 0.243 e. The molecule has 1 heterocycles. The predicted octanol–water partition coefficient (Wildman–Crippen LogP) is 3.74. The van der Waals surface area contributed by atoms with E-state index in [0.717, 1.165) is 16.3 Å². The fourth-order valence-electron chi connectivity index (χ4n) is 2.92. The molecule has 0 aliphatic rings. The third-order valence-corrected chi connectivity index (χ3v) is 4.02. The van der Waals surface area contributed by atoms with Crippen molar-refractivity contribution in [3.8, 4) is 5.75 Å². The van der Waals surface area contributed by atoms with E-state index in [1.54, 1.807) is 27.5 Å². The Morgan fingerprint density at radius 1 is 0.826 bits per heavy atom. The minimum atomic E-state index is -1.15. The Hall–Kier alpha value is -2.43. The zero-order valence-electron chi connectivity index (χ0n) is 13.4. The van der Waals surface area contributed by atoms with Gasteiger partial charge >= 0.3 is 0 Å². The summed E-state index contributed by atoms with van der Waals surface area (Å²) in [5, 5.41) is 2.05. The van der Waals surface area contributed by atoms with Gasteiger partial charge in [-0.3, -0.25) is 4.98 Å². The molecule has 0 N–H and O–H groups in total. The van der Waals surface area contributed by atoms with Crippen molar-refractivity contribution in [2.24, 2.45) is 0 Å². The highest BCUT2D eigenvalue weighted by atomic mass is 16.7. The van der Waals surface area contributed by atoms with Crippen LogP contribution in [0.15, 0.2) is 60.8 Å². The number of pyridine rings is 1. The third-order valence-electron chi connectivity index (χ3n) is 4.02. The van der Waals surface area contributed by atoms with Gasteiger partial charge in [-0.05, 0) is 23.6 Å². The summed E-state index contributed by atoms with van der Waals surface area (Å²) in [6, 6.07) is 17.6. The highest BCUT2D eigenvalue weighted by Crippen LogP contribution is 2.40. The van der Waals surface area contributed by atoms with Crippen LogP contribution < -0.4 is 4.74 Å². The number of rotatable bonds is 5. The van der Waals surface area contributed by atoms with Gasteiger partial charge in [0.05, 0.1) is 12.7 Å². The lowest BCUT2D eigenvalue weighted by atomic mass is 9.96. The van der Waals surface area contributed by atoms with Gasteiger partial charge < -0.3 is 14.2 Å². The summed E-state index contributed by atoms with van der Waals surface area (Å²) >= 11 is 0. The molecule has 0 saturated carbocycles. The minimum absolute atomic E-state index is 0.686. The van der Waals surface area contributed by atoms with Gasteiger partial charge in [-0.25, -0.2) is 0 Å². The second-order valence-electron chi connectivity index (χ2n) is 5.11. The summed E-state index contributed by atoms with van der Waals surface area (Å²) < 4.78 is 17.2. The second kappa shape index (κ2) is 6.36. The Balaban J connectivity index is 2.33. The number of para-hydroxylation sites is 1. The predicted molar refractivity (Wildman–Crippen MR) is 89.5 cm³/mol. The molecule has 4 nitrogen and oxygen atoms in total. The first-order valence-corrected chi connectivity index (χ1v) is 7.35. The first kappa shape index (κ1) is 15.5. The largest absolute Gasteiger partial charge is 0.496 e. The Morgan fingerprint density at radius 2 is 1.52 bits per heavy atom. The second-order valence-corrected chi connectivity index (χ2v) is 5.11. The molecule has 0 radical (unpaired) electrons. The van der Waals surface area contributed by atoms with E-state index < -0.39 is 5.79 Å². The van der Waals surface area contributed by atoms with Crippen LogP contribution in [-0.2, 0) is 15.3 Å². The number of benzene rings is 2. The monoisotopic (exact) mass is 309 g/mol. The van der Waals surface area contributed by atoms with Crippen molar-refractivity contribution in [1.82, 2.24) is 4.98 Å². The van der Waals surface area contributed by atoms with Crippen LogP contribution in [0.2, 0.25) is 0 Å². The number of hydrogen-bond acceptors (Lipinski definition) is 4. The topological polar surface area (TPSA) is 40.6 Å². The van der Waals surface area contributed by atoms with E-state index in [4.69, 9.17) is 14.2 Å². The Bertz CT molecular complexity index is 807. The van der Waals surface area contributed by atoms with Gasteiger partial charge in [-0.1, -0.05) is 36.4 Å². The zero-order valence-corrected chi connectivity index (χ0v) is 13.4. The number of aromatic nitrogens is 1. The van der Waals surface area contributed by atoms with Gasteiger partial charge in [0.25, 0.3) is 0 Å². The Labute approximate surface area is 135 Å². The molecule has 0 saturated heterocycles. The van der Waals surface area contributed by atoms with E-state index in [0.29, 0.717) is 11.4 Å². The van der Waals surface area contributed by atoms with Gasteiger partial charge in [-0.2, -0.15) is 0 Å². The summed E-state index contributed by atoms with van der Waals surface area (Å²) in [6.45, 7) is 0. The normalized spacial score (nSPS) is 11.6. The average molecular weight is 309 g/mol. The molecular weight excluding hydrogens is 290 g/mol. The van der Waals surface area contributed by atoms with E-state index in [1.165, 1.54) is 0 Å². The first-order valence-electron chi connectivity index (χ1n) is 7.35. The molecule has 4 heteroatoms. The number of fused-ring (bicyclic) bond motifs is 1. The highest BCUT2D eigenvalue weighted by molar-refractivity contribution is 5.85. The molecular formula is C19H19NO3. The van der Waals surface area contributed by atoms with Crippen molar-refractivity contribution in [1.29, 1.82) is 0 Å². The SMILES string of the molecule is COc1ccccc1C(OC)(OC)c1nccc2ccccc12. The van der Waals surface area contributed by atoms with Crippen molar-refractivity contribution in [2.45, 2.75) is 5.79 Å². The molecule has 23 heavy (non-hydrogen) atoms. The molecule has 1 aromatic heterocycles. The molecule has 0 aliphatic carbocycles. The van der Waals surface area contributed by atoms with Gasteiger partial charge in [-0.15, -0.1) is 0 Å². The number of hydrogen-bond donors (Lipinski definition) is 0. The van der Waals surface area contributed by atoms with Crippen LogP contribution in [0.4, 0.5) is 0 Å². The summed E-state index contributed by atoms with van der Waals surface area (Å²) in [5.74, 6) is -0.459. The lowest BCUT2D eigenvalue weighted by molar-refractivity contribution is -0.186. The quantitative estimate of drug-likeness (QED) is 0.673. The molecule has 0 amide bonds. The molecule has 0 unspecified atom stereocenters. The Morgan fingerprint density at radius 3 is 2.26 bits per heavy atom. The summed E-state index contributed by atoms with van der Waals surface area (Å²) in [7, 11) is 4.85. The number of methoxy groups -OCH3 is 3. The lowest BCUT2D eigenvalue weighted by Gasteiger charge is -2.32. The molecule has 118 valence electrons. The zero-order chi connectivity index (χ0) is 16.3. The van der Waals surface area contributed by atoms with E-state index in [1.807, 2.05) is 54.6 Å². The van der Waals surface area contributed by atoms with Gasteiger partial charge in [0, 0.05) is 25.8 Å². The summed E-state index contributed by atoms with van der Waals surface area (Å²) in [5.41, 5.74) is 1.47. The summed E-state index contributed by atoms with van der Waals surface area (Å²) in [6.07, 6.45) is 1.76. The van der Waals surface area contributed by atoms with E-state index >= 15 is 0 Å². The van der Waals surface area contributed by atoms with Crippen LogP contribution in [0.5, 0.6) is 5.75 Å². The van der Waals surface area contributed by atoms with E-state index in [2.05, 4.69) is 4.98 Å². The number of ether oxygens (including phenoxy) is 3. The van der Waals surface area contributed by atoms with Crippen molar-refractivity contribution in [3.63, 3.8) is 0 Å². The van der Waals surface area contributed by atoms with Crippen molar-refractivity contribution in [3.05, 3.63) is 72.1 Å². The summed E-state index contributed by atoms with van der Waals surface area (Å²) in [4.78, 5) is 4.57. The maximum atomic E-state index is 5.85. The van der Waals surface area contributed by atoms with Crippen LogP contribution in [0.3, 0.4) is 0 Å². The van der Waals surface area contributed by atoms with Crippen LogP contribution in [-0.4, -0.2) is 26.3 Å². The van der Waals surface area contributed by atoms with Crippen LogP contribution in [0, 0.1) is 0 Å². The average Bonchev–Trinajstić information content (AvgIpc) is 2.64. The number of nitrogens with zero attached hydrogens (tertiary/aromatic N) is 1. The van der Waals surface area contributed by atoms with E-state index in [-0.39, 0.29) is 0 Å². The fraction of sp³-hybridized carbons (Fsp3) is 0.211. The molecule has 3 rings (SSSR count). The highest BCUT2D eigenvalue weighted by Gasteiger charge is 2.40. The molecule has 0 aliphatic heterocycles.